The third-order valence-corrected chi connectivity index (χ3v) is 2.68. The highest BCUT2D eigenvalue weighted by Gasteiger charge is 2.21. The van der Waals surface area contributed by atoms with Gasteiger partial charge in [0.2, 0.25) is 5.88 Å². The SMILES string of the molecule is CCc1c(O)nc(C2CCOC2)[nH]c1=O. The van der Waals surface area contributed by atoms with E-state index in [9.17, 15) is 9.90 Å². The Morgan fingerprint density at radius 3 is 3.00 bits per heavy atom. The van der Waals surface area contributed by atoms with Crippen molar-refractivity contribution >= 4 is 0 Å². The van der Waals surface area contributed by atoms with E-state index < -0.39 is 0 Å². The molecule has 1 aliphatic rings. The van der Waals surface area contributed by atoms with Gasteiger partial charge in [0, 0.05) is 12.5 Å². The second kappa shape index (κ2) is 4.02. The number of nitrogens with zero attached hydrogens (tertiary/aromatic N) is 1. The van der Waals surface area contributed by atoms with Crippen molar-refractivity contribution in [2.24, 2.45) is 0 Å². The Kier molecular flexibility index (Phi) is 2.73. The van der Waals surface area contributed by atoms with E-state index in [1.807, 2.05) is 6.92 Å². The number of aromatic hydroxyl groups is 1. The Balaban J connectivity index is 2.38. The summed E-state index contributed by atoms with van der Waals surface area (Å²) in [5, 5.41) is 9.56. The van der Waals surface area contributed by atoms with Crippen molar-refractivity contribution in [2.45, 2.75) is 25.7 Å². The molecule has 1 aliphatic heterocycles. The molecule has 1 fully saturated rings. The van der Waals surface area contributed by atoms with Gasteiger partial charge in [0.1, 0.15) is 5.82 Å². The zero-order valence-electron chi connectivity index (χ0n) is 8.62. The maximum atomic E-state index is 11.6. The van der Waals surface area contributed by atoms with Crippen LogP contribution in [0.15, 0.2) is 4.79 Å². The van der Waals surface area contributed by atoms with Gasteiger partial charge in [-0.25, -0.2) is 0 Å². The molecule has 1 atom stereocenters. The van der Waals surface area contributed by atoms with Gasteiger partial charge in [-0.15, -0.1) is 0 Å². The summed E-state index contributed by atoms with van der Waals surface area (Å²) in [5.41, 5.74) is 0.101. The molecule has 5 nitrogen and oxygen atoms in total. The molecule has 1 saturated heterocycles. The summed E-state index contributed by atoms with van der Waals surface area (Å²) in [4.78, 5) is 18.3. The summed E-state index contributed by atoms with van der Waals surface area (Å²) in [7, 11) is 0. The van der Waals surface area contributed by atoms with Crippen molar-refractivity contribution in [1.29, 1.82) is 0 Å². The van der Waals surface area contributed by atoms with Gasteiger partial charge in [0.15, 0.2) is 0 Å². The second-order valence-corrected chi connectivity index (χ2v) is 3.67. The molecular weight excluding hydrogens is 196 g/mol. The molecule has 1 aromatic heterocycles. The Bertz CT molecular complexity index is 408. The van der Waals surface area contributed by atoms with E-state index in [-0.39, 0.29) is 17.4 Å². The standard InChI is InChI=1S/C10H14N2O3/c1-2-7-9(13)11-8(12-10(7)14)6-3-4-15-5-6/h6H,2-5H2,1H3,(H2,11,12,13,14). The van der Waals surface area contributed by atoms with Gasteiger partial charge in [0.25, 0.3) is 5.56 Å². The van der Waals surface area contributed by atoms with Crippen LogP contribution in [0.2, 0.25) is 0 Å². The summed E-state index contributed by atoms with van der Waals surface area (Å²) < 4.78 is 5.20. The van der Waals surface area contributed by atoms with E-state index in [0.29, 0.717) is 31.0 Å². The van der Waals surface area contributed by atoms with E-state index >= 15 is 0 Å². The van der Waals surface area contributed by atoms with Crippen LogP contribution >= 0.6 is 0 Å². The van der Waals surface area contributed by atoms with Crippen LogP contribution in [-0.2, 0) is 11.2 Å². The normalized spacial score (nSPS) is 20.7. The van der Waals surface area contributed by atoms with Gasteiger partial charge in [-0.2, -0.15) is 4.98 Å². The first-order valence-corrected chi connectivity index (χ1v) is 5.12. The first kappa shape index (κ1) is 10.2. The molecule has 2 N–H and O–H groups in total. The molecule has 0 spiro atoms. The van der Waals surface area contributed by atoms with Gasteiger partial charge >= 0.3 is 0 Å². The Morgan fingerprint density at radius 1 is 1.67 bits per heavy atom. The molecule has 0 saturated carbocycles. The van der Waals surface area contributed by atoms with E-state index in [2.05, 4.69) is 9.97 Å². The van der Waals surface area contributed by atoms with Crippen molar-refractivity contribution in [3.8, 4) is 5.88 Å². The van der Waals surface area contributed by atoms with Gasteiger partial charge in [-0.3, -0.25) is 4.79 Å². The minimum Gasteiger partial charge on any atom is -0.493 e. The smallest absolute Gasteiger partial charge is 0.257 e. The molecule has 15 heavy (non-hydrogen) atoms. The highest BCUT2D eigenvalue weighted by atomic mass is 16.5. The fourth-order valence-corrected chi connectivity index (χ4v) is 1.77. The molecule has 2 rings (SSSR count). The van der Waals surface area contributed by atoms with Crippen LogP contribution in [0.1, 0.15) is 30.7 Å². The molecule has 5 heteroatoms. The highest BCUT2D eigenvalue weighted by Crippen LogP contribution is 2.23. The van der Waals surface area contributed by atoms with Gasteiger partial charge < -0.3 is 14.8 Å². The quantitative estimate of drug-likeness (QED) is 0.747. The number of aromatic nitrogens is 2. The van der Waals surface area contributed by atoms with Crippen molar-refractivity contribution in [3.63, 3.8) is 0 Å². The molecule has 0 aliphatic carbocycles. The van der Waals surface area contributed by atoms with Crippen molar-refractivity contribution < 1.29 is 9.84 Å². The Morgan fingerprint density at radius 2 is 2.47 bits per heavy atom. The van der Waals surface area contributed by atoms with E-state index in [0.717, 1.165) is 6.42 Å². The number of hydrogen-bond acceptors (Lipinski definition) is 4. The van der Waals surface area contributed by atoms with Crippen molar-refractivity contribution in [3.05, 3.63) is 21.7 Å². The summed E-state index contributed by atoms with van der Waals surface area (Å²) in [6.07, 6.45) is 1.32. The number of aromatic amines is 1. The number of rotatable bonds is 2. The number of ether oxygens (including phenoxy) is 1. The van der Waals surface area contributed by atoms with E-state index in [1.165, 1.54) is 0 Å². The predicted octanol–water partition coefficient (Wildman–Crippen LogP) is 0.542. The third kappa shape index (κ3) is 1.87. The van der Waals surface area contributed by atoms with Crippen LogP contribution in [0.3, 0.4) is 0 Å². The average Bonchev–Trinajstić information content (AvgIpc) is 2.69. The fourth-order valence-electron chi connectivity index (χ4n) is 1.77. The second-order valence-electron chi connectivity index (χ2n) is 3.67. The molecular formula is C10H14N2O3. The van der Waals surface area contributed by atoms with Crippen LogP contribution in [0.5, 0.6) is 5.88 Å². The predicted molar refractivity (Wildman–Crippen MR) is 54.1 cm³/mol. The molecule has 1 aromatic rings. The van der Waals surface area contributed by atoms with Gasteiger partial charge in [-0.1, -0.05) is 6.92 Å². The largest absolute Gasteiger partial charge is 0.493 e. The molecule has 0 bridgehead atoms. The maximum Gasteiger partial charge on any atom is 0.257 e. The lowest BCUT2D eigenvalue weighted by Gasteiger charge is -2.08. The lowest BCUT2D eigenvalue weighted by atomic mass is 10.1. The van der Waals surface area contributed by atoms with Crippen LogP contribution in [-0.4, -0.2) is 28.3 Å². The van der Waals surface area contributed by atoms with Gasteiger partial charge in [-0.05, 0) is 12.8 Å². The number of nitrogens with one attached hydrogen (secondary N) is 1. The molecule has 82 valence electrons. The Hall–Kier alpha value is -1.36. The van der Waals surface area contributed by atoms with Gasteiger partial charge in [0.05, 0.1) is 12.2 Å². The third-order valence-electron chi connectivity index (χ3n) is 2.68. The number of hydrogen-bond donors (Lipinski definition) is 2. The van der Waals surface area contributed by atoms with Crippen LogP contribution in [0, 0.1) is 0 Å². The summed E-state index contributed by atoms with van der Waals surface area (Å²) >= 11 is 0. The lowest BCUT2D eigenvalue weighted by Crippen LogP contribution is -2.18. The first-order valence-electron chi connectivity index (χ1n) is 5.12. The topological polar surface area (TPSA) is 75.2 Å². The first-order chi connectivity index (χ1) is 7.22. The zero-order chi connectivity index (χ0) is 10.8. The summed E-state index contributed by atoms with van der Waals surface area (Å²) in [5.74, 6) is 0.491. The minimum atomic E-state index is -0.244. The van der Waals surface area contributed by atoms with Crippen LogP contribution < -0.4 is 5.56 Å². The lowest BCUT2D eigenvalue weighted by molar-refractivity contribution is 0.193. The minimum absolute atomic E-state index is 0.106. The maximum absolute atomic E-state index is 11.6. The summed E-state index contributed by atoms with van der Waals surface area (Å²) in [6, 6.07) is 0. The molecule has 0 aromatic carbocycles. The summed E-state index contributed by atoms with van der Waals surface area (Å²) in [6.45, 7) is 3.06. The monoisotopic (exact) mass is 210 g/mol. The Labute approximate surface area is 87.1 Å². The number of H-pyrrole nitrogens is 1. The molecule has 2 heterocycles. The zero-order valence-corrected chi connectivity index (χ0v) is 8.62. The van der Waals surface area contributed by atoms with Crippen molar-refractivity contribution in [2.75, 3.05) is 13.2 Å². The fraction of sp³-hybridized carbons (Fsp3) is 0.600. The molecule has 0 radical (unpaired) electrons. The van der Waals surface area contributed by atoms with E-state index in [1.54, 1.807) is 0 Å². The van der Waals surface area contributed by atoms with Crippen LogP contribution in [0.4, 0.5) is 0 Å². The average molecular weight is 210 g/mol. The molecule has 0 amide bonds. The van der Waals surface area contributed by atoms with Crippen molar-refractivity contribution in [1.82, 2.24) is 9.97 Å². The highest BCUT2D eigenvalue weighted by molar-refractivity contribution is 5.23. The van der Waals surface area contributed by atoms with E-state index in [4.69, 9.17) is 4.74 Å². The van der Waals surface area contributed by atoms with Crippen LogP contribution in [0.25, 0.3) is 0 Å². The molecule has 1 unspecified atom stereocenters.